The highest BCUT2D eigenvalue weighted by atomic mass is 32.2. The number of thioether (sulfide) groups is 6. The monoisotopic (exact) mass is 422 g/mol. The van der Waals surface area contributed by atoms with Gasteiger partial charge in [-0.05, 0) is 64.9 Å². The second-order valence-electron chi connectivity index (χ2n) is 3.05. The van der Waals surface area contributed by atoms with Crippen molar-refractivity contribution in [3.63, 3.8) is 0 Å². The Balaban J connectivity index is 2.51. The molecule has 22 heavy (non-hydrogen) atoms. The van der Waals surface area contributed by atoms with Gasteiger partial charge in [-0.25, -0.2) is 0 Å². The molecule has 0 fully saturated rings. The van der Waals surface area contributed by atoms with Gasteiger partial charge in [0.05, 0.1) is 10.8 Å². The molecule has 0 aromatic carbocycles. The van der Waals surface area contributed by atoms with Crippen molar-refractivity contribution in [2.45, 2.75) is 0 Å². The summed E-state index contributed by atoms with van der Waals surface area (Å²) in [6.45, 7) is 0. The smallest absolute Gasteiger partial charge is 0.0712 e. The zero-order chi connectivity index (χ0) is 15.7. The molecule has 0 unspecified atom stereocenters. The maximum absolute atomic E-state index is 11.6. The lowest BCUT2D eigenvalue weighted by molar-refractivity contribution is 0.693. The summed E-state index contributed by atoms with van der Waals surface area (Å²) in [4.78, 5) is 0. The van der Waals surface area contributed by atoms with Gasteiger partial charge in [-0.15, -0.1) is 70.6 Å². The van der Waals surface area contributed by atoms with Crippen molar-refractivity contribution in [3.05, 3.63) is 75.7 Å². The lowest BCUT2D eigenvalue weighted by Gasteiger charge is -1.85. The molecule has 1 aliphatic rings. The first-order valence-electron chi connectivity index (χ1n) is 5.80. The quantitative estimate of drug-likeness (QED) is 0.398. The van der Waals surface area contributed by atoms with Crippen molar-refractivity contribution < 1.29 is 4.21 Å². The standard InChI is InChI=1S/C14H14OS7/c15-22-13-11-20-9-7-18-5-3-16-1-2-17-4-6-19-8-10-21-12-14-22/h1-14H/b2-1-,5-3-,6-4-,9-7-,10-8-,13-11-,14-12-. The van der Waals surface area contributed by atoms with Crippen LogP contribution < -0.4 is 0 Å². The van der Waals surface area contributed by atoms with Gasteiger partial charge in [0.2, 0.25) is 0 Å². The van der Waals surface area contributed by atoms with Crippen LogP contribution in [0.15, 0.2) is 75.7 Å². The summed E-state index contributed by atoms with van der Waals surface area (Å²) < 4.78 is 11.6. The van der Waals surface area contributed by atoms with Gasteiger partial charge >= 0.3 is 0 Å². The summed E-state index contributed by atoms with van der Waals surface area (Å²) in [6.07, 6.45) is 0. The Kier molecular flexibility index (Phi) is 15.2. The van der Waals surface area contributed by atoms with Crippen molar-refractivity contribution in [2.24, 2.45) is 0 Å². The average Bonchev–Trinajstić information content (AvgIpc) is 2.52. The SMILES string of the molecule is O=S1/C=C\S/C=C\S/C=C\S/C=C\S/C=C\S/C=C\S/C=C\1. The van der Waals surface area contributed by atoms with E-state index in [1.807, 2.05) is 64.9 Å². The summed E-state index contributed by atoms with van der Waals surface area (Å²) in [5, 5.41) is 27.1. The minimum Gasteiger partial charge on any atom is -0.250 e. The molecule has 1 nitrogen and oxygen atoms in total. The lowest BCUT2D eigenvalue weighted by Crippen LogP contribution is -1.71. The van der Waals surface area contributed by atoms with Crippen LogP contribution in [0.4, 0.5) is 0 Å². The minimum absolute atomic E-state index is 1.06. The van der Waals surface area contributed by atoms with Gasteiger partial charge in [0.15, 0.2) is 0 Å². The first kappa shape index (κ1) is 20.5. The molecule has 118 valence electrons. The van der Waals surface area contributed by atoms with Crippen LogP contribution in [0, 0.1) is 0 Å². The largest absolute Gasteiger partial charge is 0.250 e. The highest BCUT2D eigenvalue weighted by molar-refractivity contribution is 8.11. The van der Waals surface area contributed by atoms with E-state index in [0.29, 0.717) is 0 Å². The molecule has 1 aliphatic heterocycles. The Morgan fingerprint density at radius 3 is 0.909 bits per heavy atom. The molecule has 0 saturated heterocycles. The van der Waals surface area contributed by atoms with Gasteiger partial charge in [-0.1, -0.05) is 0 Å². The molecule has 0 spiro atoms. The Morgan fingerprint density at radius 2 is 0.636 bits per heavy atom. The second-order valence-corrected chi connectivity index (χ2v) is 9.15. The molecule has 0 atom stereocenters. The van der Waals surface area contributed by atoms with Crippen LogP contribution in [0.5, 0.6) is 0 Å². The van der Waals surface area contributed by atoms with Crippen LogP contribution in [0.3, 0.4) is 0 Å². The maximum atomic E-state index is 11.6. The van der Waals surface area contributed by atoms with E-state index in [-0.39, 0.29) is 0 Å². The highest BCUT2D eigenvalue weighted by Gasteiger charge is 1.84. The molecule has 0 aromatic rings. The van der Waals surface area contributed by atoms with Crippen LogP contribution in [0.1, 0.15) is 0 Å². The fourth-order valence-electron chi connectivity index (χ4n) is 0.812. The third-order valence-electron chi connectivity index (χ3n) is 1.60. The zero-order valence-electron chi connectivity index (χ0n) is 11.3. The average molecular weight is 423 g/mol. The summed E-state index contributed by atoms with van der Waals surface area (Å²) in [7, 11) is -1.06. The van der Waals surface area contributed by atoms with Crippen molar-refractivity contribution in [1.82, 2.24) is 0 Å². The normalized spacial score (nSPS) is 29.5. The first-order chi connectivity index (χ1) is 10.9. The van der Waals surface area contributed by atoms with Crippen LogP contribution >= 0.6 is 70.6 Å². The molecule has 8 heteroatoms. The third kappa shape index (κ3) is 14.0. The van der Waals surface area contributed by atoms with Gasteiger partial charge < -0.3 is 0 Å². The molecule has 0 radical (unpaired) electrons. The Labute approximate surface area is 160 Å². The van der Waals surface area contributed by atoms with Gasteiger partial charge in [0.1, 0.15) is 0 Å². The fraction of sp³-hybridized carbons (Fsp3) is 0. The van der Waals surface area contributed by atoms with E-state index >= 15 is 0 Å². The van der Waals surface area contributed by atoms with Crippen LogP contribution in [0.2, 0.25) is 0 Å². The Morgan fingerprint density at radius 1 is 0.409 bits per heavy atom. The van der Waals surface area contributed by atoms with Gasteiger partial charge in [0, 0.05) is 10.8 Å². The number of hydrogen-bond acceptors (Lipinski definition) is 7. The number of rotatable bonds is 0. The molecule has 0 bridgehead atoms. The first-order valence-corrected chi connectivity index (χ1v) is 12.7. The van der Waals surface area contributed by atoms with E-state index < -0.39 is 10.8 Å². The van der Waals surface area contributed by atoms with E-state index in [2.05, 4.69) is 0 Å². The maximum Gasteiger partial charge on any atom is 0.0712 e. The van der Waals surface area contributed by atoms with Crippen LogP contribution in [-0.2, 0) is 10.8 Å². The van der Waals surface area contributed by atoms with Gasteiger partial charge in [0.25, 0.3) is 0 Å². The summed E-state index contributed by atoms with van der Waals surface area (Å²) in [5.74, 6) is 0. The summed E-state index contributed by atoms with van der Waals surface area (Å²) in [5.41, 5.74) is 0. The Bertz CT molecular complexity index is 471. The number of hydrogen-bond donors (Lipinski definition) is 0. The fourth-order valence-corrected chi connectivity index (χ4v) is 5.40. The minimum atomic E-state index is -1.06. The highest BCUT2D eigenvalue weighted by Crippen LogP contribution is 2.18. The van der Waals surface area contributed by atoms with E-state index in [0.717, 1.165) is 0 Å². The summed E-state index contributed by atoms with van der Waals surface area (Å²) in [6, 6.07) is 0. The van der Waals surface area contributed by atoms with Crippen molar-refractivity contribution in [3.8, 4) is 0 Å². The molecular formula is C14H14OS7. The molecule has 1 rings (SSSR count). The van der Waals surface area contributed by atoms with E-state index in [9.17, 15) is 4.21 Å². The van der Waals surface area contributed by atoms with Gasteiger partial charge in [-0.3, -0.25) is 4.21 Å². The predicted octanol–water partition coefficient (Wildman–Crippen LogP) is 7.45. The molecular weight excluding hydrogens is 409 g/mol. The topological polar surface area (TPSA) is 17.1 Å². The Hall–Kier alpha value is 0.430. The van der Waals surface area contributed by atoms with Crippen LogP contribution in [0.25, 0.3) is 0 Å². The molecule has 0 aromatic heterocycles. The van der Waals surface area contributed by atoms with E-state index in [1.54, 1.807) is 57.9 Å². The molecule has 1 heterocycles. The predicted molar refractivity (Wildman–Crippen MR) is 118 cm³/mol. The second kappa shape index (κ2) is 16.3. The van der Waals surface area contributed by atoms with Crippen LogP contribution in [-0.4, -0.2) is 4.21 Å². The molecule has 0 N–H and O–H groups in total. The lowest BCUT2D eigenvalue weighted by atomic mass is 11.2. The van der Waals surface area contributed by atoms with Gasteiger partial charge in [-0.2, -0.15) is 0 Å². The van der Waals surface area contributed by atoms with Crippen molar-refractivity contribution >= 4 is 81.4 Å². The zero-order valence-corrected chi connectivity index (χ0v) is 17.1. The van der Waals surface area contributed by atoms with E-state index in [4.69, 9.17) is 0 Å². The van der Waals surface area contributed by atoms with Crippen molar-refractivity contribution in [2.75, 3.05) is 0 Å². The van der Waals surface area contributed by atoms with Crippen molar-refractivity contribution in [1.29, 1.82) is 0 Å². The van der Waals surface area contributed by atoms with E-state index in [1.165, 1.54) is 23.5 Å². The molecule has 0 aliphatic carbocycles. The molecule has 0 saturated carbocycles. The summed E-state index contributed by atoms with van der Waals surface area (Å²) >= 11 is 9.52. The third-order valence-corrected chi connectivity index (χ3v) is 7.13. The molecule has 0 amide bonds.